The zero-order valence-corrected chi connectivity index (χ0v) is 14.0. The topological polar surface area (TPSA) is 42.2 Å². The van der Waals surface area contributed by atoms with Gasteiger partial charge in [0.15, 0.2) is 0 Å². The average Bonchev–Trinajstić information content (AvgIpc) is 2.97. The molecule has 21 heavy (non-hydrogen) atoms. The van der Waals surface area contributed by atoms with Gasteiger partial charge in [-0.1, -0.05) is 17.3 Å². The van der Waals surface area contributed by atoms with E-state index in [2.05, 4.69) is 49.8 Å². The maximum Gasteiger partial charge on any atom is 0.227 e. The minimum absolute atomic E-state index is 0.691. The van der Waals surface area contributed by atoms with Crippen molar-refractivity contribution in [2.75, 3.05) is 19.6 Å². The summed E-state index contributed by atoms with van der Waals surface area (Å²) in [7, 11) is 0. The Morgan fingerprint density at radius 1 is 1.29 bits per heavy atom. The summed E-state index contributed by atoms with van der Waals surface area (Å²) < 4.78 is 6.68. The van der Waals surface area contributed by atoms with Crippen LogP contribution in [-0.4, -0.2) is 34.7 Å². The van der Waals surface area contributed by atoms with Crippen LogP contribution < -0.4 is 0 Å². The molecule has 0 aliphatic carbocycles. The van der Waals surface area contributed by atoms with Crippen molar-refractivity contribution in [1.82, 2.24) is 15.0 Å². The van der Waals surface area contributed by atoms with Crippen LogP contribution in [0.5, 0.6) is 0 Å². The number of halogens is 1. The van der Waals surface area contributed by atoms with Gasteiger partial charge >= 0.3 is 0 Å². The van der Waals surface area contributed by atoms with E-state index in [0.29, 0.717) is 11.7 Å². The van der Waals surface area contributed by atoms with E-state index in [1.807, 2.05) is 12.1 Å². The fourth-order valence-electron chi connectivity index (χ4n) is 3.63. The van der Waals surface area contributed by atoms with Crippen LogP contribution in [0.2, 0.25) is 0 Å². The Hall–Kier alpha value is -0.950. The van der Waals surface area contributed by atoms with Gasteiger partial charge < -0.3 is 9.42 Å². The molecule has 3 aliphatic rings. The molecule has 3 aliphatic heterocycles. The van der Waals surface area contributed by atoms with E-state index in [1.54, 1.807) is 0 Å². The Kier molecular flexibility index (Phi) is 3.71. The standard InChI is InChI=1S/C16H18IN3O/c17-14-3-1-2-12(8-14)16-18-15(21-19-16)9-13-10-20-6-4-11(13)5-7-20/h1-3,8,11,13H,4-7,9-10H2. The van der Waals surface area contributed by atoms with Crippen molar-refractivity contribution >= 4 is 22.6 Å². The molecule has 2 bridgehead atoms. The molecule has 1 atom stereocenters. The lowest BCUT2D eigenvalue weighted by Crippen LogP contribution is -2.48. The van der Waals surface area contributed by atoms with Crippen molar-refractivity contribution < 1.29 is 4.52 Å². The number of nitrogens with zero attached hydrogens (tertiary/aromatic N) is 3. The quantitative estimate of drug-likeness (QED) is 0.749. The van der Waals surface area contributed by atoms with Crippen LogP contribution in [0.1, 0.15) is 18.7 Å². The van der Waals surface area contributed by atoms with E-state index < -0.39 is 0 Å². The minimum Gasteiger partial charge on any atom is -0.339 e. The second kappa shape index (κ2) is 5.68. The maximum atomic E-state index is 5.49. The summed E-state index contributed by atoms with van der Waals surface area (Å²) in [6.45, 7) is 3.75. The second-order valence-corrected chi connectivity index (χ2v) is 7.37. The molecule has 4 nitrogen and oxygen atoms in total. The Morgan fingerprint density at radius 2 is 2.14 bits per heavy atom. The molecule has 0 amide bonds. The Labute approximate surface area is 138 Å². The molecule has 0 saturated carbocycles. The molecule has 1 unspecified atom stereocenters. The first kappa shape index (κ1) is 13.7. The van der Waals surface area contributed by atoms with Crippen molar-refractivity contribution in [3.63, 3.8) is 0 Å². The summed E-state index contributed by atoms with van der Waals surface area (Å²) in [6, 6.07) is 8.22. The van der Waals surface area contributed by atoms with Crippen LogP contribution in [0.15, 0.2) is 28.8 Å². The number of hydrogen-bond acceptors (Lipinski definition) is 4. The van der Waals surface area contributed by atoms with E-state index >= 15 is 0 Å². The van der Waals surface area contributed by atoms with Crippen molar-refractivity contribution in [3.05, 3.63) is 33.7 Å². The van der Waals surface area contributed by atoms with Crippen molar-refractivity contribution in [1.29, 1.82) is 0 Å². The fraction of sp³-hybridized carbons (Fsp3) is 0.500. The van der Waals surface area contributed by atoms with Gasteiger partial charge in [-0.05, 0) is 72.5 Å². The predicted octanol–water partition coefficient (Wildman–Crippen LogP) is 3.23. The molecule has 5 heteroatoms. The van der Waals surface area contributed by atoms with Crippen molar-refractivity contribution in [2.24, 2.45) is 11.8 Å². The molecule has 0 N–H and O–H groups in total. The third kappa shape index (κ3) is 2.85. The lowest BCUT2D eigenvalue weighted by molar-refractivity contribution is 0.0473. The summed E-state index contributed by atoms with van der Waals surface area (Å²) in [4.78, 5) is 7.17. The fourth-order valence-corrected chi connectivity index (χ4v) is 4.17. The van der Waals surface area contributed by atoms with Gasteiger partial charge in [-0.25, -0.2) is 0 Å². The molecule has 1 aromatic carbocycles. The molecule has 2 aromatic rings. The zero-order valence-electron chi connectivity index (χ0n) is 11.8. The smallest absolute Gasteiger partial charge is 0.227 e. The average molecular weight is 395 g/mol. The SMILES string of the molecule is Ic1cccc(-c2noc(CC3CN4CCC3CC4)n2)c1. The summed E-state index contributed by atoms with van der Waals surface area (Å²) in [5.74, 6) is 3.05. The van der Waals surface area contributed by atoms with Gasteiger partial charge in [0.2, 0.25) is 11.7 Å². The normalized spacial score (nSPS) is 28.0. The summed E-state index contributed by atoms with van der Waals surface area (Å²) in [5, 5.41) is 4.15. The van der Waals surface area contributed by atoms with Crippen molar-refractivity contribution in [2.45, 2.75) is 19.3 Å². The molecule has 3 fully saturated rings. The van der Waals surface area contributed by atoms with E-state index in [0.717, 1.165) is 23.8 Å². The highest BCUT2D eigenvalue weighted by Gasteiger charge is 2.35. The lowest BCUT2D eigenvalue weighted by atomic mass is 9.77. The predicted molar refractivity (Wildman–Crippen MR) is 88.8 cm³/mol. The van der Waals surface area contributed by atoms with Gasteiger partial charge in [0.05, 0.1) is 0 Å². The highest BCUT2D eigenvalue weighted by molar-refractivity contribution is 14.1. The highest BCUT2D eigenvalue weighted by atomic mass is 127. The first-order valence-electron chi connectivity index (χ1n) is 7.59. The van der Waals surface area contributed by atoms with Crippen LogP contribution >= 0.6 is 22.6 Å². The van der Waals surface area contributed by atoms with Gasteiger partial charge in [-0.2, -0.15) is 4.98 Å². The first-order chi connectivity index (χ1) is 10.3. The molecule has 5 rings (SSSR count). The molecule has 3 saturated heterocycles. The van der Waals surface area contributed by atoms with E-state index in [4.69, 9.17) is 4.52 Å². The first-order valence-corrected chi connectivity index (χ1v) is 8.67. The third-order valence-electron chi connectivity index (χ3n) is 4.78. The number of benzene rings is 1. The minimum atomic E-state index is 0.691. The summed E-state index contributed by atoms with van der Waals surface area (Å²) in [6.07, 6.45) is 3.60. The second-order valence-electron chi connectivity index (χ2n) is 6.12. The number of hydrogen-bond donors (Lipinski definition) is 0. The Morgan fingerprint density at radius 3 is 2.86 bits per heavy atom. The lowest BCUT2D eigenvalue weighted by Gasteiger charge is -2.44. The molecule has 4 heterocycles. The number of aromatic nitrogens is 2. The number of piperidine rings is 3. The third-order valence-corrected chi connectivity index (χ3v) is 5.45. The Balaban J connectivity index is 1.50. The molecular weight excluding hydrogens is 377 g/mol. The van der Waals surface area contributed by atoms with Gasteiger partial charge in [-0.15, -0.1) is 0 Å². The van der Waals surface area contributed by atoms with Crippen molar-refractivity contribution in [3.8, 4) is 11.4 Å². The summed E-state index contributed by atoms with van der Waals surface area (Å²) >= 11 is 2.30. The molecule has 110 valence electrons. The van der Waals surface area contributed by atoms with Crippen LogP contribution in [-0.2, 0) is 6.42 Å². The monoisotopic (exact) mass is 395 g/mol. The molecule has 1 aromatic heterocycles. The summed E-state index contributed by atoms with van der Waals surface area (Å²) in [5.41, 5.74) is 1.03. The van der Waals surface area contributed by atoms with Crippen LogP contribution in [0.4, 0.5) is 0 Å². The van der Waals surface area contributed by atoms with E-state index in [-0.39, 0.29) is 0 Å². The molecular formula is C16H18IN3O. The van der Waals surface area contributed by atoms with Crippen LogP contribution in [0.25, 0.3) is 11.4 Å². The highest BCUT2D eigenvalue weighted by Crippen LogP contribution is 2.34. The van der Waals surface area contributed by atoms with Gasteiger partial charge in [0.25, 0.3) is 0 Å². The largest absolute Gasteiger partial charge is 0.339 e. The van der Waals surface area contributed by atoms with Gasteiger partial charge in [0.1, 0.15) is 0 Å². The Bertz CT molecular complexity index is 634. The van der Waals surface area contributed by atoms with Gasteiger partial charge in [0, 0.05) is 22.1 Å². The van der Waals surface area contributed by atoms with E-state index in [1.165, 1.54) is 36.0 Å². The van der Waals surface area contributed by atoms with Gasteiger partial charge in [-0.3, -0.25) is 0 Å². The van der Waals surface area contributed by atoms with E-state index in [9.17, 15) is 0 Å². The number of fused-ring (bicyclic) bond motifs is 3. The molecule has 0 spiro atoms. The molecule has 0 radical (unpaired) electrons. The zero-order chi connectivity index (χ0) is 14.2. The number of rotatable bonds is 3. The van der Waals surface area contributed by atoms with Crippen LogP contribution in [0, 0.1) is 15.4 Å². The maximum absolute atomic E-state index is 5.49. The van der Waals surface area contributed by atoms with Crippen LogP contribution in [0.3, 0.4) is 0 Å².